The number of fused-ring (bicyclic) bond motifs is 1. The van der Waals surface area contributed by atoms with Crippen LogP contribution in [-0.4, -0.2) is 20.8 Å². The second kappa shape index (κ2) is 8.08. The molecule has 0 aliphatic heterocycles. The number of aromatic amines is 1. The third-order valence-corrected chi connectivity index (χ3v) is 5.34. The first-order valence-electron chi connectivity index (χ1n) is 10.2. The molecule has 5 aromatic rings. The Balaban J connectivity index is 1.42. The Morgan fingerprint density at radius 1 is 1.03 bits per heavy atom. The second-order valence-electron chi connectivity index (χ2n) is 7.52. The van der Waals surface area contributed by atoms with Gasteiger partial charge >= 0.3 is 0 Å². The number of nitrogens with zero attached hydrogens (tertiary/aromatic N) is 2. The molecule has 0 unspecified atom stereocenters. The predicted molar refractivity (Wildman–Crippen MR) is 125 cm³/mol. The fourth-order valence-corrected chi connectivity index (χ4v) is 3.62. The molecule has 1 amide bonds. The number of rotatable bonds is 5. The highest BCUT2D eigenvalue weighted by molar-refractivity contribution is 6.03. The number of aryl methyl sites for hydroxylation is 1. The van der Waals surface area contributed by atoms with Crippen LogP contribution in [-0.2, 0) is 0 Å². The van der Waals surface area contributed by atoms with Gasteiger partial charge in [0.15, 0.2) is 5.76 Å². The lowest BCUT2D eigenvalue weighted by Gasteiger charge is -2.09. The summed E-state index contributed by atoms with van der Waals surface area (Å²) in [5.41, 5.74) is 4.31. The normalized spacial score (nSPS) is 10.9. The van der Waals surface area contributed by atoms with Crippen LogP contribution in [0.3, 0.4) is 0 Å². The van der Waals surface area contributed by atoms with Crippen molar-refractivity contribution in [3.8, 4) is 22.7 Å². The van der Waals surface area contributed by atoms with E-state index in [1.165, 1.54) is 12.1 Å². The Kier molecular flexibility index (Phi) is 4.95. The van der Waals surface area contributed by atoms with Gasteiger partial charge in [0.2, 0.25) is 0 Å². The molecule has 0 fully saturated rings. The van der Waals surface area contributed by atoms with Gasteiger partial charge in [-0.2, -0.15) is 0 Å². The lowest BCUT2D eigenvalue weighted by Crippen LogP contribution is -2.12. The quantitative estimate of drug-likeness (QED) is 0.260. The number of amides is 1. The molecule has 2 heterocycles. The Morgan fingerprint density at radius 3 is 2.64 bits per heavy atom. The van der Waals surface area contributed by atoms with Gasteiger partial charge in [0, 0.05) is 17.3 Å². The molecule has 3 aromatic carbocycles. The monoisotopic (exact) mass is 438 g/mol. The van der Waals surface area contributed by atoms with Gasteiger partial charge in [-0.3, -0.25) is 14.9 Å². The van der Waals surface area contributed by atoms with Gasteiger partial charge in [-0.15, -0.1) is 0 Å². The van der Waals surface area contributed by atoms with Gasteiger partial charge in [-0.1, -0.05) is 36.4 Å². The molecule has 0 bridgehead atoms. The maximum absolute atomic E-state index is 12.9. The summed E-state index contributed by atoms with van der Waals surface area (Å²) in [5.74, 6) is 0.546. The highest BCUT2D eigenvalue weighted by Crippen LogP contribution is 2.31. The number of furan rings is 1. The molecule has 0 aliphatic rings. The van der Waals surface area contributed by atoms with Gasteiger partial charge in [0.05, 0.1) is 21.5 Å². The molecule has 8 heteroatoms. The zero-order valence-corrected chi connectivity index (χ0v) is 17.5. The Labute approximate surface area is 188 Å². The number of hydrogen-bond acceptors (Lipinski definition) is 5. The SMILES string of the molecule is Cc1ccc(-c2nc3ccccc3[nH]2)cc1NC(=O)c1ccc(-c2ccccc2[N+](=O)[O-])o1. The minimum Gasteiger partial charge on any atom is -0.451 e. The van der Waals surface area contributed by atoms with Crippen molar-refractivity contribution in [3.63, 3.8) is 0 Å². The number of H-pyrrole nitrogens is 1. The van der Waals surface area contributed by atoms with Gasteiger partial charge in [0.25, 0.3) is 11.6 Å². The maximum atomic E-state index is 12.9. The van der Waals surface area contributed by atoms with Crippen molar-refractivity contribution in [3.05, 3.63) is 100 Å². The molecule has 0 atom stereocenters. The fraction of sp³-hybridized carbons (Fsp3) is 0.0400. The van der Waals surface area contributed by atoms with Crippen LogP contribution in [0.1, 0.15) is 16.1 Å². The van der Waals surface area contributed by atoms with E-state index in [9.17, 15) is 14.9 Å². The average molecular weight is 438 g/mol. The molecule has 8 nitrogen and oxygen atoms in total. The number of benzene rings is 3. The zero-order valence-electron chi connectivity index (χ0n) is 17.5. The van der Waals surface area contributed by atoms with Gasteiger partial charge in [-0.05, 0) is 48.9 Å². The van der Waals surface area contributed by atoms with Crippen LogP contribution >= 0.6 is 0 Å². The molecule has 2 N–H and O–H groups in total. The second-order valence-corrected chi connectivity index (χ2v) is 7.52. The van der Waals surface area contributed by atoms with Crippen molar-refractivity contribution in [2.24, 2.45) is 0 Å². The van der Waals surface area contributed by atoms with E-state index in [0.29, 0.717) is 17.1 Å². The molecule has 5 rings (SSSR count). The number of para-hydroxylation sites is 3. The topological polar surface area (TPSA) is 114 Å². The molecule has 33 heavy (non-hydrogen) atoms. The molecule has 162 valence electrons. The molecule has 0 aliphatic carbocycles. The van der Waals surface area contributed by atoms with E-state index in [-0.39, 0.29) is 17.2 Å². The molecule has 0 saturated carbocycles. The van der Waals surface area contributed by atoms with Crippen molar-refractivity contribution in [1.29, 1.82) is 0 Å². The van der Waals surface area contributed by atoms with Gasteiger partial charge < -0.3 is 14.7 Å². The first kappa shape index (κ1) is 20.2. The largest absolute Gasteiger partial charge is 0.451 e. The summed E-state index contributed by atoms with van der Waals surface area (Å²) >= 11 is 0. The molecular weight excluding hydrogens is 420 g/mol. The van der Waals surface area contributed by atoms with Crippen LogP contribution in [0.2, 0.25) is 0 Å². The highest BCUT2D eigenvalue weighted by Gasteiger charge is 2.20. The summed E-state index contributed by atoms with van der Waals surface area (Å²) in [5, 5.41) is 14.2. The number of nitro benzene ring substituents is 1. The van der Waals surface area contributed by atoms with Crippen molar-refractivity contribution in [1.82, 2.24) is 9.97 Å². The number of nitro groups is 1. The number of anilines is 1. The van der Waals surface area contributed by atoms with E-state index in [1.807, 2.05) is 49.4 Å². The fourth-order valence-electron chi connectivity index (χ4n) is 3.62. The summed E-state index contributed by atoms with van der Waals surface area (Å²) < 4.78 is 5.65. The smallest absolute Gasteiger partial charge is 0.291 e. The Morgan fingerprint density at radius 2 is 1.82 bits per heavy atom. The first-order chi connectivity index (χ1) is 16.0. The highest BCUT2D eigenvalue weighted by atomic mass is 16.6. The van der Waals surface area contributed by atoms with E-state index in [1.54, 1.807) is 24.3 Å². The summed E-state index contributed by atoms with van der Waals surface area (Å²) in [6.45, 7) is 1.89. The summed E-state index contributed by atoms with van der Waals surface area (Å²) in [4.78, 5) is 31.6. The lowest BCUT2D eigenvalue weighted by molar-refractivity contribution is -0.384. The van der Waals surface area contributed by atoms with E-state index in [2.05, 4.69) is 15.3 Å². The number of hydrogen-bond donors (Lipinski definition) is 2. The van der Waals surface area contributed by atoms with Crippen LogP contribution < -0.4 is 5.32 Å². The number of nitrogens with one attached hydrogen (secondary N) is 2. The summed E-state index contributed by atoms with van der Waals surface area (Å²) in [7, 11) is 0. The minimum absolute atomic E-state index is 0.0525. The average Bonchev–Trinajstić information content (AvgIpc) is 3.48. The maximum Gasteiger partial charge on any atom is 0.291 e. The number of carbonyl (C=O) groups is 1. The molecule has 0 saturated heterocycles. The Hall–Kier alpha value is -4.72. The molecule has 0 spiro atoms. The molecule has 2 aromatic heterocycles. The van der Waals surface area contributed by atoms with E-state index in [0.717, 1.165) is 22.2 Å². The van der Waals surface area contributed by atoms with Crippen LogP contribution in [0, 0.1) is 17.0 Å². The lowest BCUT2D eigenvalue weighted by atomic mass is 10.1. The van der Waals surface area contributed by atoms with Crippen molar-refractivity contribution >= 4 is 28.3 Å². The first-order valence-corrected chi connectivity index (χ1v) is 10.2. The van der Waals surface area contributed by atoms with Crippen LogP contribution in [0.25, 0.3) is 33.7 Å². The minimum atomic E-state index is -0.482. The zero-order chi connectivity index (χ0) is 22.9. The standard InChI is InChI=1S/C25H18N4O4/c1-15-10-11-16(24-26-18-7-3-4-8-19(18)27-24)14-20(15)28-25(30)23-13-12-22(33-23)17-6-2-5-9-21(17)29(31)32/h2-14H,1H3,(H,26,27)(H,28,30). The third-order valence-electron chi connectivity index (χ3n) is 5.34. The molecule has 0 radical (unpaired) electrons. The van der Waals surface area contributed by atoms with Crippen molar-refractivity contribution in [2.45, 2.75) is 6.92 Å². The predicted octanol–water partition coefficient (Wildman–Crippen LogP) is 5.96. The van der Waals surface area contributed by atoms with Crippen LogP contribution in [0.15, 0.2) is 83.3 Å². The van der Waals surface area contributed by atoms with E-state index >= 15 is 0 Å². The number of carbonyl (C=O) groups excluding carboxylic acids is 1. The number of imidazole rings is 1. The van der Waals surface area contributed by atoms with Gasteiger partial charge in [0.1, 0.15) is 11.6 Å². The van der Waals surface area contributed by atoms with Crippen LogP contribution in [0.4, 0.5) is 11.4 Å². The molecular formula is C25H18N4O4. The third kappa shape index (κ3) is 3.85. The van der Waals surface area contributed by atoms with Crippen molar-refractivity contribution < 1.29 is 14.1 Å². The van der Waals surface area contributed by atoms with E-state index < -0.39 is 10.8 Å². The summed E-state index contributed by atoms with van der Waals surface area (Å²) in [6, 6.07) is 22.7. The Bertz CT molecular complexity index is 1480. The summed E-state index contributed by atoms with van der Waals surface area (Å²) in [6.07, 6.45) is 0. The van der Waals surface area contributed by atoms with E-state index in [4.69, 9.17) is 4.42 Å². The number of aromatic nitrogens is 2. The van der Waals surface area contributed by atoms with Gasteiger partial charge in [-0.25, -0.2) is 4.98 Å². The van der Waals surface area contributed by atoms with Crippen molar-refractivity contribution in [2.75, 3.05) is 5.32 Å². The van der Waals surface area contributed by atoms with Crippen LogP contribution in [0.5, 0.6) is 0 Å².